The lowest BCUT2D eigenvalue weighted by atomic mass is 10.00. The Balaban J connectivity index is 1.67. The zero-order chi connectivity index (χ0) is 14.8. The minimum atomic E-state index is -0.0406. The molecule has 3 unspecified atom stereocenters. The molecule has 1 fully saturated rings. The van der Waals surface area contributed by atoms with Gasteiger partial charge in [0, 0.05) is 6.04 Å². The second-order valence-electron chi connectivity index (χ2n) is 5.77. The fraction of sp³-hybridized carbons (Fsp3) is 0.562. The number of carbonyl (C=O) groups is 1. The number of rotatable bonds is 3. The van der Waals surface area contributed by atoms with E-state index in [0.29, 0.717) is 13.2 Å². The number of ether oxygens (including phenoxy) is 2. The molecule has 114 valence electrons. The molecule has 3 atom stereocenters. The van der Waals surface area contributed by atoms with Crippen molar-refractivity contribution in [2.24, 2.45) is 5.92 Å². The molecule has 1 saturated heterocycles. The van der Waals surface area contributed by atoms with E-state index >= 15 is 0 Å². The SMILES string of the molecule is CC(NC(=O)C1CCNC1C)c1ccc2c(c1)OCCO2. The van der Waals surface area contributed by atoms with Gasteiger partial charge in [-0.25, -0.2) is 0 Å². The monoisotopic (exact) mass is 290 g/mol. The number of hydrogen-bond acceptors (Lipinski definition) is 4. The topological polar surface area (TPSA) is 59.6 Å². The Morgan fingerprint density at radius 2 is 2.10 bits per heavy atom. The third-order valence-corrected chi connectivity index (χ3v) is 4.29. The van der Waals surface area contributed by atoms with Crippen molar-refractivity contribution in [1.82, 2.24) is 10.6 Å². The van der Waals surface area contributed by atoms with Crippen LogP contribution < -0.4 is 20.1 Å². The lowest BCUT2D eigenvalue weighted by molar-refractivity contribution is -0.125. The molecule has 2 aliphatic rings. The average molecular weight is 290 g/mol. The zero-order valence-electron chi connectivity index (χ0n) is 12.5. The summed E-state index contributed by atoms with van der Waals surface area (Å²) in [7, 11) is 0. The van der Waals surface area contributed by atoms with Gasteiger partial charge in [0.05, 0.1) is 12.0 Å². The third kappa shape index (κ3) is 2.97. The van der Waals surface area contributed by atoms with Gasteiger partial charge in [0.1, 0.15) is 13.2 Å². The van der Waals surface area contributed by atoms with Gasteiger partial charge >= 0.3 is 0 Å². The van der Waals surface area contributed by atoms with E-state index in [0.717, 1.165) is 30.0 Å². The van der Waals surface area contributed by atoms with Gasteiger partial charge in [0.25, 0.3) is 0 Å². The van der Waals surface area contributed by atoms with Crippen LogP contribution in [0, 0.1) is 5.92 Å². The molecule has 1 aromatic carbocycles. The minimum Gasteiger partial charge on any atom is -0.486 e. The van der Waals surface area contributed by atoms with Gasteiger partial charge in [-0.1, -0.05) is 6.07 Å². The molecule has 0 radical (unpaired) electrons. The quantitative estimate of drug-likeness (QED) is 0.888. The van der Waals surface area contributed by atoms with Crippen LogP contribution in [0.15, 0.2) is 18.2 Å². The van der Waals surface area contributed by atoms with E-state index in [1.165, 1.54) is 0 Å². The first-order valence-corrected chi connectivity index (χ1v) is 7.58. The van der Waals surface area contributed by atoms with E-state index in [9.17, 15) is 4.79 Å². The van der Waals surface area contributed by atoms with Crippen LogP contribution in [0.1, 0.15) is 31.9 Å². The van der Waals surface area contributed by atoms with Crippen LogP contribution in [-0.4, -0.2) is 31.7 Å². The van der Waals surface area contributed by atoms with E-state index in [2.05, 4.69) is 17.6 Å². The number of carbonyl (C=O) groups excluding carboxylic acids is 1. The number of benzene rings is 1. The first-order valence-electron chi connectivity index (χ1n) is 7.58. The summed E-state index contributed by atoms with van der Waals surface area (Å²) in [6, 6.07) is 6.05. The molecule has 3 rings (SSSR count). The maximum Gasteiger partial charge on any atom is 0.225 e. The summed E-state index contributed by atoms with van der Waals surface area (Å²) in [4.78, 5) is 12.3. The predicted molar refractivity (Wildman–Crippen MR) is 79.6 cm³/mol. The van der Waals surface area contributed by atoms with Crippen LogP contribution in [0.5, 0.6) is 11.5 Å². The Hall–Kier alpha value is -1.75. The summed E-state index contributed by atoms with van der Waals surface area (Å²) < 4.78 is 11.1. The Morgan fingerprint density at radius 1 is 1.33 bits per heavy atom. The lowest BCUT2D eigenvalue weighted by Crippen LogP contribution is -2.37. The summed E-state index contributed by atoms with van der Waals surface area (Å²) >= 11 is 0. The molecule has 2 N–H and O–H groups in total. The van der Waals surface area contributed by atoms with E-state index in [1.54, 1.807) is 0 Å². The Morgan fingerprint density at radius 3 is 2.81 bits per heavy atom. The number of nitrogens with one attached hydrogen (secondary N) is 2. The number of amides is 1. The molecule has 0 aliphatic carbocycles. The molecule has 0 aromatic heterocycles. The van der Waals surface area contributed by atoms with Gasteiger partial charge in [0.2, 0.25) is 5.91 Å². The van der Waals surface area contributed by atoms with Crippen molar-refractivity contribution in [2.75, 3.05) is 19.8 Å². The van der Waals surface area contributed by atoms with E-state index in [1.807, 2.05) is 25.1 Å². The molecule has 1 aromatic rings. The fourth-order valence-corrected chi connectivity index (χ4v) is 2.95. The van der Waals surface area contributed by atoms with Gasteiger partial charge in [-0.15, -0.1) is 0 Å². The molecule has 21 heavy (non-hydrogen) atoms. The van der Waals surface area contributed by atoms with Crippen molar-refractivity contribution in [2.45, 2.75) is 32.4 Å². The summed E-state index contributed by atoms with van der Waals surface area (Å²) in [5.74, 6) is 1.72. The highest BCUT2D eigenvalue weighted by molar-refractivity contribution is 5.80. The van der Waals surface area contributed by atoms with Crippen LogP contribution in [0.4, 0.5) is 0 Å². The highest BCUT2D eigenvalue weighted by Gasteiger charge is 2.30. The van der Waals surface area contributed by atoms with Crippen molar-refractivity contribution >= 4 is 5.91 Å². The summed E-state index contributed by atoms with van der Waals surface area (Å²) in [5.41, 5.74) is 1.03. The fourth-order valence-electron chi connectivity index (χ4n) is 2.95. The molecule has 1 amide bonds. The second-order valence-corrected chi connectivity index (χ2v) is 5.77. The smallest absolute Gasteiger partial charge is 0.225 e. The van der Waals surface area contributed by atoms with Crippen LogP contribution in [0.2, 0.25) is 0 Å². The third-order valence-electron chi connectivity index (χ3n) is 4.29. The minimum absolute atomic E-state index is 0.0406. The first-order chi connectivity index (χ1) is 10.1. The number of fused-ring (bicyclic) bond motifs is 1. The lowest BCUT2D eigenvalue weighted by Gasteiger charge is -2.22. The molecule has 0 bridgehead atoms. The Kier molecular flexibility index (Phi) is 4.01. The highest BCUT2D eigenvalue weighted by atomic mass is 16.6. The summed E-state index contributed by atoms with van der Waals surface area (Å²) in [6.45, 7) is 6.13. The molecule has 2 heterocycles. The van der Waals surface area contributed by atoms with Crippen molar-refractivity contribution in [3.63, 3.8) is 0 Å². The Labute approximate surface area is 125 Å². The average Bonchev–Trinajstić information content (AvgIpc) is 2.93. The van der Waals surface area contributed by atoms with Gasteiger partial charge in [-0.05, 0) is 44.5 Å². The van der Waals surface area contributed by atoms with E-state index < -0.39 is 0 Å². The van der Waals surface area contributed by atoms with Crippen molar-refractivity contribution in [1.29, 1.82) is 0 Å². The van der Waals surface area contributed by atoms with Gasteiger partial charge in [-0.3, -0.25) is 4.79 Å². The maximum atomic E-state index is 12.3. The van der Waals surface area contributed by atoms with Crippen LogP contribution in [0.25, 0.3) is 0 Å². The van der Waals surface area contributed by atoms with Crippen molar-refractivity contribution in [3.05, 3.63) is 23.8 Å². The van der Waals surface area contributed by atoms with E-state index in [-0.39, 0.29) is 23.9 Å². The van der Waals surface area contributed by atoms with Crippen LogP contribution in [-0.2, 0) is 4.79 Å². The summed E-state index contributed by atoms with van der Waals surface area (Å²) in [6.07, 6.45) is 0.904. The van der Waals surface area contributed by atoms with Crippen molar-refractivity contribution in [3.8, 4) is 11.5 Å². The normalized spacial score (nSPS) is 25.4. The molecule has 5 nitrogen and oxygen atoms in total. The number of hydrogen-bond donors (Lipinski definition) is 2. The van der Waals surface area contributed by atoms with Crippen LogP contribution >= 0.6 is 0 Å². The van der Waals surface area contributed by atoms with Gasteiger partial charge < -0.3 is 20.1 Å². The largest absolute Gasteiger partial charge is 0.486 e. The molecule has 0 spiro atoms. The van der Waals surface area contributed by atoms with Gasteiger partial charge in [0.15, 0.2) is 11.5 Å². The zero-order valence-corrected chi connectivity index (χ0v) is 12.5. The van der Waals surface area contributed by atoms with Crippen LogP contribution in [0.3, 0.4) is 0 Å². The first kappa shape index (κ1) is 14.2. The highest BCUT2D eigenvalue weighted by Crippen LogP contribution is 2.32. The molecule has 0 saturated carbocycles. The van der Waals surface area contributed by atoms with Crippen molar-refractivity contribution < 1.29 is 14.3 Å². The molecular weight excluding hydrogens is 268 g/mol. The maximum absolute atomic E-state index is 12.3. The van der Waals surface area contributed by atoms with Gasteiger partial charge in [-0.2, -0.15) is 0 Å². The molecular formula is C16H22N2O3. The second kappa shape index (κ2) is 5.93. The summed E-state index contributed by atoms with van der Waals surface area (Å²) in [5, 5.41) is 6.41. The van der Waals surface area contributed by atoms with E-state index in [4.69, 9.17) is 9.47 Å². The predicted octanol–water partition coefficient (Wildman–Crippen LogP) is 1.63. The molecule has 2 aliphatic heterocycles. The standard InChI is InChI=1S/C16H22N2O3/c1-10(18-16(19)13-5-6-17-11(13)2)12-3-4-14-15(9-12)21-8-7-20-14/h3-4,9-11,13,17H,5-8H2,1-2H3,(H,18,19). The molecule has 5 heteroatoms. The Bertz CT molecular complexity index is 532.